The van der Waals surface area contributed by atoms with Crippen molar-refractivity contribution in [1.29, 1.82) is 0 Å². The lowest BCUT2D eigenvalue weighted by atomic mass is 9.84. The predicted molar refractivity (Wildman–Crippen MR) is 94.6 cm³/mol. The van der Waals surface area contributed by atoms with Crippen molar-refractivity contribution < 1.29 is 9.53 Å². The smallest absolute Gasteiger partial charge is 0.307 e. The lowest BCUT2D eigenvalue weighted by Gasteiger charge is -2.23. The third-order valence-electron chi connectivity index (χ3n) is 4.26. The van der Waals surface area contributed by atoms with Crippen LogP contribution in [0.2, 0.25) is 0 Å². The molecule has 1 atom stereocenters. The molecule has 0 amide bonds. The highest BCUT2D eigenvalue weighted by Crippen LogP contribution is 2.36. The molecular weight excluding hydrogens is 364 g/mol. The summed E-state index contributed by atoms with van der Waals surface area (Å²) in [5.41, 5.74) is 2.58. The zero-order valence-electron chi connectivity index (χ0n) is 13.1. The van der Waals surface area contributed by atoms with Crippen LogP contribution < -0.4 is 0 Å². The number of ether oxygens (including phenoxy) is 1. The molecule has 1 aromatic carbocycles. The fourth-order valence-corrected chi connectivity index (χ4v) is 4.23. The van der Waals surface area contributed by atoms with Crippen LogP contribution >= 0.6 is 27.5 Å². The van der Waals surface area contributed by atoms with E-state index in [1.54, 1.807) is 0 Å². The number of carbonyl (C=O) groups excluding carboxylic acids is 1. The molecular formula is C18H24BrClO2. The van der Waals surface area contributed by atoms with Crippen molar-refractivity contribution in [2.24, 2.45) is 0 Å². The number of carbonyl (C=O) groups is 1. The maximum atomic E-state index is 11.5. The van der Waals surface area contributed by atoms with Crippen LogP contribution in [0.5, 0.6) is 0 Å². The SMILES string of the molecule is CCOC(=O)CC(Cl)Cc1ccc(C2CCCCC2)c(Br)c1. The number of benzene rings is 1. The minimum atomic E-state index is -0.222. The van der Waals surface area contributed by atoms with Crippen LogP contribution in [0.25, 0.3) is 0 Å². The van der Waals surface area contributed by atoms with Crippen LogP contribution in [0.3, 0.4) is 0 Å². The van der Waals surface area contributed by atoms with E-state index in [0.717, 1.165) is 5.56 Å². The van der Waals surface area contributed by atoms with Crippen molar-refractivity contribution in [3.63, 3.8) is 0 Å². The van der Waals surface area contributed by atoms with Gasteiger partial charge in [-0.2, -0.15) is 0 Å². The van der Waals surface area contributed by atoms with Gasteiger partial charge in [0.15, 0.2) is 0 Å². The van der Waals surface area contributed by atoms with E-state index in [9.17, 15) is 4.79 Å². The number of esters is 1. The summed E-state index contributed by atoms with van der Waals surface area (Å²) in [6.45, 7) is 2.21. The second-order valence-electron chi connectivity index (χ2n) is 6.00. The molecule has 0 aromatic heterocycles. The van der Waals surface area contributed by atoms with Crippen LogP contribution in [-0.4, -0.2) is 18.0 Å². The van der Waals surface area contributed by atoms with Crippen LogP contribution in [0.15, 0.2) is 22.7 Å². The summed E-state index contributed by atoms with van der Waals surface area (Å²) < 4.78 is 6.12. The van der Waals surface area contributed by atoms with Crippen molar-refractivity contribution in [1.82, 2.24) is 0 Å². The fraction of sp³-hybridized carbons (Fsp3) is 0.611. The second-order valence-corrected chi connectivity index (χ2v) is 7.47. The summed E-state index contributed by atoms with van der Waals surface area (Å²) in [5, 5.41) is -0.216. The van der Waals surface area contributed by atoms with E-state index in [1.807, 2.05) is 6.92 Å². The fourth-order valence-electron chi connectivity index (χ4n) is 3.17. The van der Waals surface area contributed by atoms with Gasteiger partial charge in [0.25, 0.3) is 0 Å². The number of alkyl halides is 1. The number of hydrogen-bond acceptors (Lipinski definition) is 2. The van der Waals surface area contributed by atoms with E-state index in [1.165, 1.54) is 42.1 Å². The molecule has 0 N–H and O–H groups in total. The summed E-state index contributed by atoms with van der Waals surface area (Å²) in [4.78, 5) is 11.5. The Morgan fingerprint density at radius 3 is 2.73 bits per heavy atom. The van der Waals surface area contributed by atoms with Crippen molar-refractivity contribution in [3.05, 3.63) is 33.8 Å². The summed E-state index contributed by atoms with van der Waals surface area (Å²) in [7, 11) is 0. The first kappa shape index (κ1) is 17.8. The number of halogens is 2. The summed E-state index contributed by atoms with van der Waals surface area (Å²) in [5.74, 6) is 0.462. The molecule has 0 spiro atoms. The Kier molecular flexibility index (Phi) is 7.23. The van der Waals surface area contributed by atoms with E-state index in [0.29, 0.717) is 18.9 Å². The topological polar surface area (TPSA) is 26.3 Å². The Morgan fingerprint density at radius 1 is 1.36 bits per heavy atom. The molecule has 1 unspecified atom stereocenters. The lowest BCUT2D eigenvalue weighted by Crippen LogP contribution is -2.13. The highest BCUT2D eigenvalue weighted by atomic mass is 79.9. The summed E-state index contributed by atoms with van der Waals surface area (Å²) in [6, 6.07) is 6.53. The average Bonchev–Trinajstić information content (AvgIpc) is 2.48. The molecule has 0 heterocycles. The average molecular weight is 388 g/mol. The Bertz CT molecular complexity index is 498. The Morgan fingerprint density at radius 2 is 2.09 bits per heavy atom. The molecule has 1 aromatic rings. The van der Waals surface area contributed by atoms with Crippen LogP contribution in [0.4, 0.5) is 0 Å². The number of rotatable bonds is 6. The van der Waals surface area contributed by atoms with E-state index < -0.39 is 0 Å². The van der Waals surface area contributed by atoms with Crippen molar-refractivity contribution >= 4 is 33.5 Å². The van der Waals surface area contributed by atoms with Crippen LogP contribution in [0, 0.1) is 0 Å². The molecule has 0 aliphatic heterocycles. The molecule has 22 heavy (non-hydrogen) atoms. The maximum absolute atomic E-state index is 11.5. The molecule has 0 bridgehead atoms. The molecule has 0 saturated heterocycles. The first-order chi connectivity index (χ1) is 10.6. The van der Waals surface area contributed by atoms with Gasteiger partial charge in [-0.3, -0.25) is 4.79 Å². The minimum Gasteiger partial charge on any atom is -0.466 e. The van der Waals surface area contributed by atoms with Crippen molar-refractivity contribution in [3.8, 4) is 0 Å². The van der Waals surface area contributed by atoms with E-state index in [4.69, 9.17) is 16.3 Å². The molecule has 1 aliphatic carbocycles. The third-order valence-corrected chi connectivity index (χ3v) is 5.26. The Balaban J connectivity index is 1.95. The van der Waals surface area contributed by atoms with Crippen LogP contribution in [-0.2, 0) is 16.0 Å². The standard InChI is InChI=1S/C18H24BrClO2/c1-2-22-18(21)12-15(20)10-13-8-9-16(17(19)11-13)14-6-4-3-5-7-14/h8-9,11,14-15H,2-7,10,12H2,1H3. The Labute approximate surface area is 146 Å². The molecule has 0 radical (unpaired) electrons. The molecule has 1 aliphatic rings. The molecule has 4 heteroatoms. The van der Waals surface area contributed by atoms with Gasteiger partial charge < -0.3 is 4.74 Å². The number of hydrogen-bond donors (Lipinski definition) is 0. The molecule has 1 fully saturated rings. The van der Waals surface area contributed by atoms with Gasteiger partial charge >= 0.3 is 5.97 Å². The normalized spacial score (nSPS) is 17.2. The van der Waals surface area contributed by atoms with Crippen LogP contribution in [0.1, 0.15) is 62.5 Å². The first-order valence-electron chi connectivity index (χ1n) is 8.18. The second kappa shape index (κ2) is 8.93. The van der Waals surface area contributed by atoms with Gasteiger partial charge in [-0.25, -0.2) is 0 Å². The third kappa shape index (κ3) is 5.27. The summed E-state index contributed by atoms with van der Waals surface area (Å²) >= 11 is 9.98. The van der Waals surface area contributed by atoms with Gasteiger partial charge in [0.05, 0.1) is 13.0 Å². The van der Waals surface area contributed by atoms with Gasteiger partial charge in [-0.15, -0.1) is 11.6 Å². The quantitative estimate of drug-likeness (QED) is 0.469. The molecule has 2 rings (SSSR count). The van der Waals surface area contributed by atoms with Gasteiger partial charge in [0, 0.05) is 9.85 Å². The van der Waals surface area contributed by atoms with Crippen molar-refractivity contribution in [2.45, 2.75) is 63.2 Å². The molecule has 2 nitrogen and oxygen atoms in total. The first-order valence-corrected chi connectivity index (χ1v) is 9.41. The Hall–Kier alpha value is -0.540. The largest absolute Gasteiger partial charge is 0.466 e. The monoisotopic (exact) mass is 386 g/mol. The lowest BCUT2D eigenvalue weighted by molar-refractivity contribution is -0.143. The molecule has 122 valence electrons. The highest BCUT2D eigenvalue weighted by Gasteiger charge is 2.19. The maximum Gasteiger partial charge on any atom is 0.307 e. The summed E-state index contributed by atoms with van der Waals surface area (Å²) in [6.07, 6.45) is 7.57. The van der Waals surface area contributed by atoms with Crippen molar-refractivity contribution in [2.75, 3.05) is 6.61 Å². The van der Waals surface area contributed by atoms with E-state index in [2.05, 4.69) is 34.1 Å². The van der Waals surface area contributed by atoms with Gasteiger partial charge in [0.1, 0.15) is 0 Å². The molecule has 1 saturated carbocycles. The zero-order valence-corrected chi connectivity index (χ0v) is 15.5. The minimum absolute atomic E-state index is 0.216. The highest BCUT2D eigenvalue weighted by molar-refractivity contribution is 9.10. The van der Waals surface area contributed by atoms with Gasteiger partial charge in [-0.05, 0) is 49.3 Å². The zero-order chi connectivity index (χ0) is 15.9. The van der Waals surface area contributed by atoms with Gasteiger partial charge in [-0.1, -0.05) is 47.3 Å². The van der Waals surface area contributed by atoms with E-state index in [-0.39, 0.29) is 17.8 Å². The predicted octanol–water partition coefficient (Wildman–Crippen LogP) is 5.60. The van der Waals surface area contributed by atoms with E-state index >= 15 is 0 Å². The van der Waals surface area contributed by atoms with Gasteiger partial charge in [0.2, 0.25) is 0 Å².